The van der Waals surface area contributed by atoms with Crippen LogP contribution in [0.1, 0.15) is 59.8 Å². The number of nitrogens with one attached hydrogen (secondary N) is 1. The molecule has 5 rings (SSSR count). The summed E-state index contributed by atoms with van der Waals surface area (Å²) in [5.74, 6) is 0.718. The van der Waals surface area contributed by atoms with Gasteiger partial charge in [0.25, 0.3) is 0 Å². The van der Waals surface area contributed by atoms with Crippen LogP contribution < -0.4 is 10.8 Å². The Morgan fingerprint density at radius 2 is 1.79 bits per heavy atom. The number of methoxy groups -OCH3 is 1. The normalized spacial score (nSPS) is 29.6. The van der Waals surface area contributed by atoms with Gasteiger partial charge in [-0.1, -0.05) is 12.1 Å². The van der Waals surface area contributed by atoms with Gasteiger partial charge in [-0.2, -0.15) is 0 Å². The first kappa shape index (κ1) is 23.0. The van der Waals surface area contributed by atoms with E-state index in [0.717, 1.165) is 48.1 Å². The van der Waals surface area contributed by atoms with Crippen molar-refractivity contribution in [2.45, 2.75) is 89.2 Å². The number of hydrogen-bond acceptors (Lipinski definition) is 7. The lowest BCUT2D eigenvalue weighted by atomic mass is 9.78. The van der Waals surface area contributed by atoms with Crippen LogP contribution in [-0.4, -0.2) is 71.6 Å². The minimum atomic E-state index is -0.373. The molecule has 33 heavy (non-hydrogen) atoms. The van der Waals surface area contributed by atoms with Crippen LogP contribution >= 0.6 is 0 Å². The van der Waals surface area contributed by atoms with E-state index in [-0.39, 0.29) is 18.3 Å². The minimum Gasteiger partial charge on any atom is -0.399 e. The Morgan fingerprint density at radius 1 is 1.06 bits per heavy atom. The summed E-state index contributed by atoms with van der Waals surface area (Å²) in [7, 11) is 1.46. The highest BCUT2D eigenvalue weighted by atomic mass is 16.7. The Hall–Kier alpha value is -1.74. The Morgan fingerprint density at radius 3 is 2.45 bits per heavy atom. The van der Waals surface area contributed by atoms with Gasteiger partial charge in [-0.05, 0) is 71.3 Å². The average Bonchev–Trinajstić information content (AvgIpc) is 3.35. The second-order valence-electron chi connectivity index (χ2n) is 10.9. The number of hydrogen-bond donors (Lipinski definition) is 1. The van der Waals surface area contributed by atoms with Crippen LogP contribution in [-0.2, 0) is 14.0 Å². The molecule has 1 atom stereocenters. The van der Waals surface area contributed by atoms with E-state index in [1.807, 2.05) is 19.4 Å². The van der Waals surface area contributed by atoms with E-state index < -0.39 is 0 Å². The van der Waals surface area contributed by atoms with Crippen LogP contribution in [0.15, 0.2) is 24.4 Å². The zero-order valence-electron chi connectivity index (χ0n) is 20.6. The van der Waals surface area contributed by atoms with Crippen LogP contribution in [0.4, 0.5) is 5.95 Å². The number of anilines is 1. The average molecular weight is 452 g/mol. The molecule has 1 aromatic carbocycles. The largest absolute Gasteiger partial charge is 0.494 e. The van der Waals surface area contributed by atoms with Crippen molar-refractivity contribution in [3.63, 3.8) is 0 Å². The molecule has 1 N–H and O–H groups in total. The van der Waals surface area contributed by atoms with E-state index >= 15 is 0 Å². The highest BCUT2D eigenvalue weighted by Crippen LogP contribution is 2.36. The van der Waals surface area contributed by atoms with E-state index in [0.29, 0.717) is 18.2 Å². The Bertz CT molecular complexity index is 977. The number of aromatic nitrogens is 2. The van der Waals surface area contributed by atoms with Crippen molar-refractivity contribution in [1.29, 1.82) is 0 Å². The van der Waals surface area contributed by atoms with Crippen molar-refractivity contribution in [1.82, 2.24) is 14.9 Å². The topological polar surface area (TPSA) is 68.7 Å². The molecule has 7 nitrogen and oxygen atoms in total. The van der Waals surface area contributed by atoms with Gasteiger partial charge in [0.15, 0.2) is 0 Å². The van der Waals surface area contributed by atoms with Crippen molar-refractivity contribution < 1.29 is 14.0 Å². The smallest absolute Gasteiger partial charge is 0.399 e. The fraction of sp³-hybridized carbons (Fsp3) is 0.680. The molecule has 3 fully saturated rings. The van der Waals surface area contributed by atoms with Crippen LogP contribution in [0.2, 0.25) is 0 Å². The molecule has 2 aliphatic heterocycles. The summed E-state index contributed by atoms with van der Waals surface area (Å²) in [6.45, 7) is 10.5. The highest BCUT2D eigenvalue weighted by Gasteiger charge is 2.51. The van der Waals surface area contributed by atoms with E-state index in [1.54, 1.807) is 0 Å². The number of likely N-dealkylation sites (tertiary alicyclic amines) is 1. The second-order valence-corrected chi connectivity index (χ2v) is 10.9. The van der Waals surface area contributed by atoms with Gasteiger partial charge in [0.1, 0.15) is 0 Å². The molecule has 8 heteroatoms. The lowest BCUT2D eigenvalue weighted by Gasteiger charge is -2.34. The zero-order valence-corrected chi connectivity index (χ0v) is 20.6. The summed E-state index contributed by atoms with van der Waals surface area (Å²) >= 11 is 0. The fourth-order valence-electron chi connectivity index (χ4n) is 5.29. The van der Waals surface area contributed by atoms with Gasteiger partial charge in [-0.15, -0.1) is 0 Å². The van der Waals surface area contributed by atoms with Gasteiger partial charge in [0, 0.05) is 43.9 Å². The molecular weight excluding hydrogens is 415 g/mol. The third-order valence-corrected chi connectivity index (χ3v) is 8.19. The van der Waals surface area contributed by atoms with E-state index in [4.69, 9.17) is 19.0 Å². The molecule has 178 valence electrons. The van der Waals surface area contributed by atoms with Gasteiger partial charge in [0.05, 0.1) is 22.8 Å². The van der Waals surface area contributed by atoms with Gasteiger partial charge < -0.3 is 19.4 Å². The number of benzene rings is 1. The minimum absolute atomic E-state index is 0.351. The zero-order chi connectivity index (χ0) is 23.2. The van der Waals surface area contributed by atoms with E-state index in [2.05, 4.69) is 55.0 Å². The molecular formula is C25H37BN4O3. The molecule has 1 aromatic heterocycles. The summed E-state index contributed by atoms with van der Waals surface area (Å²) in [4.78, 5) is 12.0. The lowest BCUT2D eigenvalue weighted by molar-refractivity contribution is 0.00578. The summed E-state index contributed by atoms with van der Waals surface area (Å²) < 4.78 is 17.9. The number of ether oxygens (including phenoxy) is 1. The molecule has 2 saturated heterocycles. The SMILES string of the molecule is CO[C@@H]1CCN(C2CCC(Nc3ncc4cc(B5OC(C)(C)C(C)(C)O5)ccc4n3)CC2)C1. The third-order valence-electron chi connectivity index (χ3n) is 8.19. The lowest BCUT2D eigenvalue weighted by Crippen LogP contribution is -2.41. The van der Waals surface area contributed by atoms with Crippen molar-refractivity contribution in [2.75, 3.05) is 25.5 Å². The molecule has 3 aliphatic rings. The standard InChI is InChI=1S/C25H37BN4O3/c1-24(2)25(3,4)33-26(32-24)18-6-11-22-17(14-18)15-27-23(29-22)28-19-7-9-20(10-8-19)30-13-12-21(16-30)31-5/h6,11,14-15,19-21H,7-10,12-13,16H2,1-5H3,(H,27,28,29)/t19?,20?,21-/m1/s1. The van der Waals surface area contributed by atoms with Gasteiger partial charge in [0.2, 0.25) is 5.95 Å². The number of fused-ring (bicyclic) bond motifs is 1. The molecule has 0 bridgehead atoms. The van der Waals surface area contributed by atoms with Crippen molar-refractivity contribution >= 4 is 29.4 Å². The molecule has 3 heterocycles. The number of nitrogens with zero attached hydrogens (tertiary/aromatic N) is 3. The van der Waals surface area contributed by atoms with E-state index in [1.165, 1.54) is 19.4 Å². The molecule has 2 aromatic rings. The fourth-order valence-corrected chi connectivity index (χ4v) is 5.29. The Balaban J connectivity index is 1.20. The first-order valence-corrected chi connectivity index (χ1v) is 12.4. The van der Waals surface area contributed by atoms with Gasteiger partial charge in [-0.25, -0.2) is 9.97 Å². The van der Waals surface area contributed by atoms with Crippen molar-refractivity contribution in [3.05, 3.63) is 24.4 Å². The molecule has 0 radical (unpaired) electrons. The third kappa shape index (κ3) is 4.63. The molecule has 1 aliphatic carbocycles. The molecule has 0 spiro atoms. The summed E-state index contributed by atoms with van der Waals surface area (Å²) in [6.07, 6.45) is 8.23. The first-order valence-electron chi connectivity index (χ1n) is 12.4. The van der Waals surface area contributed by atoms with Gasteiger partial charge >= 0.3 is 7.12 Å². The van der Waals surface area contributed by atoms with Crippen LogP contribution in [0.25, 0.3) is 10.9 Å². The molecule has 0 amide bonds. The predicted octanol–water partition coefficient (Wildman–Crippen LogP) is 3.37. The molecule has 1 saturated carbocycles. The monoisotopic (exact) mass is 452 g/mol. The maximum atomic E-state index is 6.20. The highest BCUT2D eigenvalue weighted by molar-refractivity contribution is 6.62. The van der Waals surface area contributed by atoms with Crippen LogP contribution in [0.5, 0.6) is 0 Å². The molecule has 0 unspecified atom stereocenters. The Labute approximate surface area is 197 Å². The second kappa shape index (κ2) is 8.80. The predicted molar refractivity (Wildman–Crippen MR) is 132 cm³/mol. The summed E-state index contributed by atoms with van der Waals surface area (Å²) in [6, 6.07) is 7.29. The summed E-state index contributed by atoms with van der Waals surface area (Å²) in [5.41, 5.74) is 1.23. The first-order chi connectivity index (χ1) is 15.7. The summed E-state index contributed by atoms with van der Waals surface area (Å²) in [5, 5.41) is 4.58. The quantitative estimate of drug-likeness (QED) is 0.698. The van der Waals surface area contributed by atoms with Gasteiger partial charge in [-0.3, -0.25) is 4.90 Å². The van der Waals surface area contributed by atoms with Crippen molar-refractivity contribution in [2.24, 2.45) is 0 Å². The Kier molecular flexibility index (Phi) is 6.14. The van der Waals surface area contributed by atoms with Crippen molar-refractivity contribution in [3.8, 4) is 0 Å². The van der Waals surface area contributed by atoms with Crippen LogP contribution in [0, 0.1) is 0 Å². The maximum Gasteiger partial charge on any atom is 0.494 e. The number of rotatable bonds is 5. The van der Waals surface area contributed by atoms with Crippen LogP contribution in [0.3, 0.4) is 0 Å². The maximum absolute atomic E-state index is 6.20. The van der Waals surface area contributed by atoms with E-state index in [9.17, 15) is 0 Å².